The van der Waals surface area contributed by atoms with Gasteiger partial charge in [-0.2, -0.15) is 0 Å². The van der Waals surface area contributed by atoms with Crippen LogP contribution in [0.2, 0.25) is 0 Å². The highest BCUT2D eigenvalue weighted by Crippen LogP contribution is 2.40. The second-order valence-corrected chi connectivity index (χ2v) is 8.56. The van der Waals surface area contributed by atoms with E-state index in [1.807, 2.05) is 17.0 Å². The summed E-state index contributed by atoms with van der Waals surface area (Å²) in [6.45, 7) is 1.61. The van der Waals surface area contributed by atoms with Crippen LogP contribution >= 0.6 is 0 Å². The zero-order valence-electron chi connectivity index (χ0n) is 13.4. The summed E-state index contributed by atoms with van der Waals surface area (Å²) >= 11 is 0. The maximum absolute atomic E-state index is 12.4. The van der Waals surface area contributed by atoms with Crippen LogP contribution in [0.15, 0.2) is 24.5 Å². The Kier molecular flexibility index (Phi) is 4.42. The molecule has 1 spiro atoms. The summed E-state index contributed by atoms with van der Waals surface area (Å²) in [5.74, 6) is 0.168. The molecule has 2 saturated heterocycles. The molecule has 0 aliphatic carbocycles. The summed E-state index contributed by atoms with van der Waals surface area (Å²) in [5, 5.41) is 0. The van der Waals surface area contributed by atoms with Gasteiger partial charge in [-0.05, 0) is 37.3 Å². The molecule has 0 saturated carbocycles. The van der Waals surface area contributed by atoms with Crippen LogP contribution in [-0.2, 0) is 21.4 Å². The van der Waals surface area contributed by atoms with Gasteiger partial charge < -0.3 is 4.90 Å². The Hall–Kier alpha value is -1.47. The van der Waals surface area contributed by atoms with E-state index >= 15 is 0 Å². The quantitative estimate of drug-likeness (QED) is 0.836. The SMILES string of the molecule is CS(=O)(=O)N1CCC[C@@]2(CCC(=O)N2Cc2cccnc2)CC1. The van der Waals surface area contributed by atoms with E-state index in [2.05, 4.69) is 4.98 Å². The van der Waals surface area contributed by atoms with E-state index in [0.717, 1.165) is 24.8 Å². The van der Waals surface area contributed by atoms with E-state index in [1.165, 1.54) is 6.26 Å². The van der Waals surface area contributed by atoms with Crippen molar-refractivity contribution >= 4 is 15.9 Å². The minimum atomic E-state index is -3.17. The zero-order valence-corrected chi connectivity index (χ0v) is 14.3. The van der Waals surface area contributed by atoms with E-state index in [9.17, 15) is 13.2 Å². The lowest BCUT2D eigenvalue weighted by Crippen LogP contribution is -2.46. The normalized spacial score (nSPS) is 26.7. The fourth-order valence-electron chi connectivity index (χ4n) is 3.81. The van der Waals surface area contributed by atoms with E-state index in [1.54, 1.807) is 16.7 Å². The number of sulfonamides is 1. The van der Waals surface area contributed by atoms with Gasteiger partial charge in [0.05, 0.1) is 6.26 Å². The highest BCUT2D eigenvalue weighted by molar-refractivity contribution is 7.88. The topological polar surface area (TPSA) is 70.6 Å². The first-order valence-corrected chi connectivity index (χ1v) is 9.90. The number of rotatable bonds is 3. The second kappa shape index (κ2) is 6.20. The number of pyridine rings is 1. The molecule has 0 bridgehead atoms. The van der Waals surface area contributed by atoms with E-state index in [4.69, 9.17) is 0 Å². The highest BCUT2D eigenvalue weighted by atomic mass is 32.2. The molecule has 3 heterocycles. The fraction of sp³-hybridized carbons (Fsp3) is 0.625. The van der Waals surface area contributed by atoms with E-state index in [-0.39, 0.29) is 11.4 Å². The lowest BCUT2D eigenvalue weighted by atomic mass is 9.87. The molecule has 7 heteroatoms. The van der Waals surface area contributed by atoms with Gasteiger partial charge in [0, 0.05) is 44.0 Å². The molecule has 23 heavy (non-hydrogen) atoms. The summed E-state index contributed by atoms with van der Waals surface area (Å²) in [6, 6.07) is 3.85. The zero-order chi connectivity index (χ0) is 16.5. The number of carbonyl (C=O) groups is 1. The first kappa shape index (κ1) is 16.4. The van der Waals surface area contributed by atoms with Crippen LogP contribution in [0, 0.1) is 0 Å². The smallest absolute Gasteiger partial charge is 0.223 e. The molecule has 0 radical (unpaired) electrons. The molecule has 2 fully saturated rings. The van der Waals surface area contributed by atoms with E-state index < -0.39 is 10.0 Å². The van der Waals surface area contributed by atoms with Crippen molar-refractivity contribution in [2.24, 2.45) is 0 Å². The minimum absolute atomic E-state index is 0.168. The first-order chi connectivity index (χ1) is 10.9. The summed E-state index contributed by atoms with van der Waals surface area (Å²) in [4.78, 5) is 18.5. The predicted molar refractivity (Wildman–Crippen MR) is 87.0 cm³/mol. The Morgan fingerprint density at radius 3 is 2.78 bits per heavy atom. The van der Waals surface area contributed by atoms with Crippen LogP contribution in [-0.4, -0.2) is 53.4 Å². The van der Waals surface area contributed by atoms with Crippen molar-refractivity contribution in [1.82, 2.24) is 14.2 Å². The molecule has 0 aromatic carbocycles. The van der Waals surface area contributed by atoms with Crippen molar-refractivity contribution in [3.8, 4) is 0 Å². The highest BCUT2D eigenvalue weighted by Gasteiger charge is 2.46. The Balaban J connectivity index is 1.80. The monoisotopic (exact) mass is 337 g/mol. The molecule has 126 valence electrons. The third kappa shape index (κ3) is 3.40. The Morgan fingerprint density at radius 2 is 2.09 bits per heavy atom. The molecule has 1 atom stereocenters. The standard InChI is InChI=1S/C16H23N3O3S/c1-23(21,22)18-10-3-6-16(8-11-18)7-5-15(20)19(16)13-14-4-2-9-17-12-14/h2,4,9,12H,3,5-8,10-11,13H2,1H3/t16-/m1/s1. The van der Waals surface area contributed by atoms with Crippen molar-refractivity contribution in [3.63, 3.8) is 0 Å². The van der Waals surface area contributed by atoms with Crippen LogP contribution in [0.4, 0.5) is 0 Å². The lowest BCUT2D eigenvalue weighted by molar-refractivity contribution is -0.132. The number of hydrogen-bond donors (Lipinski definition) is 0. The van der Waals surface area contributed by atoms with Gasteiger partial charge >= 0.3 is 0 Å². The maximum atomic E-state index is 12.4. The largest absolute Gasteiger partial charge is 0.333 e. The minimum Gasteiger partial charge on any atom is -0.333 e. The molecule has 2 aliphatic heterocycles. The Bertz CT molecular complexity index is 677. The van der Waals surface area contributed by atoms with Gasteiger partial charge in [-0.25, -0.2) is 12.7 Å². The van der Waals surface area contributed by atoms with Crippen LogP contribution in [0.25, 0.3) is 0 Å². The second-order valence-electron chi connectivity index (χ2n) is 6.58. The Morgan fingerprint density at radius 1 is 1.26 bits per heavy atom. The van der Waals surface area contributed by atoms with Gasteiger partial charge in [-0.3, -0.25) is 9.78 Å². The molecule has 6 nitrogen and oxygen atoms in total. The maximum Gasteiger partial charge on any atom is 0.223 e. The molecule has 0 N–H and O–H groups in total. The average molecular weight is 337 g/mol. The van der Waals surface area contributed by atoms with Crippen molar-refractivity contribution in [3.05, 3.63) is 30.1 Å². The molecule has 0 unspecified atom stereocenters. The van der Waals surface area contributed by atoms with E-state index in [0.29, 0.717) is 32.5 Å². The fourth-order valence-corrected chi connectivity index (χ4v) is 4.69. The van der Waals surface area contributed by atoms with Crippen LogP contribution in [0.3, 0.4) is 0 Å². The number of likely N-dealkylation sites (tertiary alicyclic amines) is 1. The number of carbonyl (C=O) groups excluding carboxylic acids is 1. The van der Waals surface area contributed by atoms with Crippen molar-refractivity contribution < 1.29 is 13.2 Å². The molecule has 1 amide bonds. The third-order valence-electron chi connectivity index (χ3n) is 5.09. The Labute approximate surface area is 137 Å². The molecule has 2 aliphatic rings. The summed E-state index contributed by atoms with van der Waals surface area (Å²) in [6.07, 6.45) is 8.53. The third-order valence-corrected chi connectivity index (χ3v) is 6.39. The van der Waals surface area contributed by atoms with Crippen LogP contribution in [0.1, 0.15) is 37.7 Å². The summed E-state index contributed by atoms with van der Waals surface area (Å²) < 4.78 is 25.2. The van der Waals surface area contributed by atoms with Gasteiger partial charge in [0.1, 0.15) is 0 Å². The van der Waals surface area contributed by atoms with Crippen molar-refractivity contribution in [1.29, 1.82) is 0 Å². The molecule has 1 aromatic rings. The predicted octanol–water partition coefficient (Wildman–Crippen LogP) is 1.39. The molecule has 3 rings (SSSR count). The lowest BCUT2D eigenvalue weighted by Gasteiger charge is -2.38. The van der Waals surface area contributed by atoms with Gasteiger partial charge in [0.25, 0.3) is 0 Å². The average Bonchev–Trinajstić information content (AvgIpc) is 2.70. The van der Waals surface area contributed by atoms with Gasteiger partial charge in [-0.1, -0.05) is 6.07 Å². The number of aromatic nitrogens is 1. The summed E-state index contributed by atoms with van der Waals surface area (Å²) in [7, 11) is -3.17. The van der Waals surface area contributed by atoms with Crippen molar-refractivity contribution in [2.45, 2.75) is 44.2 Å². The molecule has 1 aromatic heterocycles. The van der Waals surface area contributed by atoms with Gasteiger partial charge in [0.15, 0.2) is 0 Å². The van der Waals surface area contributed by atoms with Gasteiger partial charge in [-0.15, -0.1) is 0 Å². The number of nitrogens with zero attached hydrogens (tertiary/aromatic N) is 3. The number of hydrogen-bond acceptors (Lipinski definition) is 4. The first-order valence-electron chi connectivity index (χ1n) is 8.05. The van der Waals surface area contributed by atoms with Crippen molar-refractivity contribution in [2.75, 3.05) is 19.3 Å². The van der Waals surface area contributed by atoms with Gasteiger partial charge in [0.2, 0.25) is 15.9 Å². The van der Waals surface area contributed by atoms with Crippen LogP contribution in [0.5, 0.6) is 0 Å². The molecular formula is C16H23N3O3S. The molecular weight excluding hydrogens is 314 g/mol. The van der Waals surface area contributed by atoms with Crippen LogP contribution < -0.4 is 0 Å². The summed E-state index contributed by atoms with van der Waals surface area (Å²) in [5.41, 5.74) is 0.818. The number of amides is 1.